The summed E-state index contributed by atoms with van der Waals surface area (Å²) in [6.07, 6.45) is -4.97. The van der Waals surface area contributed by atoms with Gasteiger partial charge in [-0.1, -0.05) is 6.92 Å². The van der Waals surface area contributed by atoms with Gasteiger partial charge in [-0.05, 0) is 13.0 Å². The minimum Gasteiger partial charge on any atom is -0.481 e. The number of halogens is 3. The maximum Gasteiger partial charge on any atom is 0.389 e. The van der Waals surface area contributed by atoms with Gasteiger partial charge >= 0.3 is 12.1 Å². The summed E-state index contributed by atoms with van der Waals surface area (Å²) in [6.45, 7) is 1.89. The van der Waals surface area contributed by atoms with Crippen LogP contribution in [0.25, 0.3) is 0 Å². The number of carboxylic acids is 1. The van der Waals surface area contributed by atoms with E-state index in [9.17, 15) is 18.0 Å². The van der Waals surface area contributed by atoms with E-state index < -0.39 is 24.5 Å². The molecule has 0 saturated heterocycles. The molecule has 1 unspecified atom stereocenters. The maximum atomic E-state index is 11.6. The first-order chi connectivity index (χ1) is 6.33. The molecule has 0 aliphatic carbocycles. The van der Waals surface area contributed by atoms with Gasteiger partial charge in [0.1, 0.15) is 0 Å². The summed E-state index contributed by atoms with van der Waals surface area (Å²) in [6, 6.07) is 0. The molecule has 0 aromatic heterocycles. The van der Waals surface area contributed by atoms with E-state index in [0.29, 0.717) is 0 Å². The van der Waals surface area contributed by atoms with Crippen LogP contribution in [0, 0.1) is 5.92 Å². The number of hydrogen-bond donors (Lipinski definition) is 2. The van der Waals surface area contributed by atoms with Gasteiger partial charge < -0.3 is 10.4 Å². The van der Waals surface area contributed by atoms with Gasteiger partial charge in [0.05, 0.1) is 5.92 Å². The number of carboxylic acid groups (broad SMARTS) is 1. The molecule has 0 aromatic carbocycles. The Labute approximate surface area is 80.3 Å². The molecule has 0 aromatic rings. The van der Waals surface area contributed by atoms with Gasteiger partial charge in [-0.15, -0.1) is 0 Å². The minimum atomic E-state index is -4.12. The first-order valence-corrected chi connectivity index (χ1v) is 4.33. The molecular weight excluding hydrogens is 199 g/mol. The number of hydrogen-bond acceptors (Lipinski definition) is 2. The number of carbonyl (C=O) groups is 1. The van der Waals surface area contributed by atoms with Gasteiger partial charge in [-0.3, -0.25) is 4.79 Å². The quantitative estimate of drug-likeness (QED) is 0.659. The molecule has 2 N–H and O–H groups in total. The van der Waals surface area contributed by atoms with E-state index in [1.165, 1.54) is 6.92 Å². The Kier molecular flexibility index (Phi) is 5.52. The van der Waals surface area contributed by atoms with Crippen molar-refractivity contribution in [1.29, 1.82) is 0 Å². The van der Waals surface area contributed by atoms with Gasteiger partial charge in [-0.2, -0.15) is 13.2 Å². The average Bonchev–Trinajstić information content (AvgIpc) is 2.01. The van der Waals surface area contributed by atoms with Gasteiger partial charge in [0.15, 0.2) is 0 Å². The lowest BCUT2D eigenvalue weighted by Crippen LogP contribution is -2.27. The highest BCUT2D eigenvalue weighted by Gasteiger charge is 2.25. The molecule has 0 aliphatic rings. The van der Waals surface area contributed by atoms with E-state index in [1.54, 1.807) is 0 Å². The Hall–Kier alpha value is -0.780. The molecule has 14 heavy (non-hydrogen) atoms. The number of aliphatic carboxylic acids is 1. The van der Waals surface area contributed by atoms with Gasteiger partial charge in [0.25, 0.3) is 0 Å². The molecule has 0 bridgehead atoms. The first-order valence-electron chi connectivity index (χ1n) is 4.33. The number of alkyl halides is 3. The zero-order valence-electron chi connectivity index (χ0n) is 7.90. The second-order valence-electron chi connectivity index (χ2n) is 3.16. The van der Waals surface area contributed by atoms with Crippen LogP contribution in [0.5, 0.6) is 0 Å². The third kappa shape index (κ3) is 7.85. The molecule has 0 amide bonds. The zero-order chi connectivity index (χ0) is 11.2. The predicted octanol–water partition coefficient (Wildman–Crippen LogP) is 1.64. The number of rotatable bonds is 6. The molecule has 0 saturated carbocycles. The zero-order valence-corrected chi connectivity index (χ0v) is 7.90. The summed E-state index contributed by atoms with van der Waals surface area (Å²) in [5, 5.41) is 11.1. The van der Waals surface area contributed by atoms with E-state index in [0.717, 1.165) is 0 Å². The van der Waals surface area contributed by atoms with Crippen molar-refractivity contribution in [2.24, 2.45) is 5.92 Å². The Bertz CT molecular complexity index is 182. The molecule has 0 heterocycles. The Morgan fingerprint density at radius 3 is 2.50 bits per heavy atom. The predicted molar refractivity (Wildman–Crippen MR) is 45.0 cm³/mol. The van der Waals surface area contributed by atoms with Crippen LogP contribution in [-0.2, 0) is 4.79 Å². The molecular formula is C8H14F3NO2. The first kappa shape index (κ1) is 13.2. The lowest BCUT2D eigenvalue weighted by atomic mass is 10.2. The largest absolute Gasteiger partial charge is 0.481 e. The summed E-state index contributed by atoms with van der Waals surface area (Å²) >= 11 is 0. The van der Waals surface area contributed by atoms with Crippen molar-refractivity contribution in [1.82, 2.24) is 5.32 Å². The van der Waals surface area contributed by atoms with Crippen molar-refractivity contribution >= 4 is 5.97 Å². The number of nitrogens with one attached hydrogen (secondary N) is 1. The maximum absolute atomic E-state index is 11.6. The van der Waals surface area contributed by atoms with Crippen LogP contribution in [0.2, 0.25) is 0 Å². The van der Waals surface area contributed by atoms with Gasteiger partial charge in [0, 0.05) is 13.0 Å². The summed E-state index contributed by atoms with van der Waals surface area (Å²) in [5.41, 5.74) is 0. The lowest BCUT2D eigenvalue weighted by Gasteiger charge is -2.09. The second-order valence-corrected chi connectivity index (χ2v) is 3.16. The fourth-order valence-electron chi connectivity index (χ4n) is 0.820. The summed E-state index contributed by atoms with van der Waals surface area (Å²) in [4.78, 5) is 10.3. The van der Waals surface area contributed by atoms with Crippen molar-refractivity contribution in [3.05, 3.63) is 0 Å². The Morgan fingerprint density at radius 1 is 1.50 bits per heavy atom. The molecule has 0 rings (SSSR count). The third-order valence-electron chi connectivity index (χ3n) is 1.69. The molecule has 6 heteroatoms. The van der Waals surface area contributed by atoms with E-state index >= 15 is 0 Å². The third-order valence-corrected chi connectivity index (χ3v) is 1.69. The average molecular weight is 213 g/mol. The van der Waals surface area contributed by atoms with Crippen LogP contribution in [0.1, 0.15) is 19.8 Å². The van der Waals surface area contributed by atoms with Crippen molar-refractivity contribution < 1.29 is 23.1 Å². The van der Waals surface area contributed by atoms with Crippen molar-refractivity contribution in [3.63, 3.8) is 0 Å². The molecule has 0 radical (unpaired) electrons. The van der Waals surface area contributed by atoms with Crippen molar-refractivity contribution in [2.75, 3.05) is 13.1 Å². The van der Waals surface area contributed by atoms with Crippen LogP contribution in [0.15, 0.2) is 0 Å². The Morgan fingerprint density at radius 2 is 2.07 bits per heavy atom. The normalized spacial score (nSPS) is 14.0. The summed E-state index contributed by atoms with van der Waals surface area (Å²) in [7, 11) is 0. The highest BCUT2D eigenvalue weighted by Crippen LogP contribution is 2.20. The van der Waals surface area contributed by atoms with E-state index in [2.05, 4.69) is 5.32 Å². The fraction of sp³-hybridized carbons (Fsp3) is 0.875. The van der Waals surface area contributed by atoms with E-state index in [1.807, 2.05) is 0 Å². The second kappa shape index (κ2) is 5.85. The standard InChI is InChI=1S/C8H14F3NO2/c1-6(7(13)14)5-12-4-2-3-8(9,10)11/h6,12H,2-5H2,1H3,(H,13,14). The molecule has 0 aliphatic heterocycles. The van der Waals surface area contributed by atoms with Crippen molar-refractivity contribution in [2.45, 2.75) is 25.9 Å². The van der Waals surface area contributed by atoms with Crippen LogP contribution >= 0.6 is 0 Å². The smallest absolute Gasteiger partial charge is 0.389 e. The highest BCUT2D eigenvalue weighted by atomic mass is 19.4. The van der Waals surface area contributed by atoms with E-state index in [4.69, 9.17) is 5.11 Å². The molecule has 1 atom stereocenters. The van der Waals surface area contributed by atoms with Crippen LogP contribution in [-0.4, -0.2) is 30.3 Å². The van der Waals surface area contributed by atoms with Crippen LogP contribution in [0.3, 0.4) is 0 Å². The topological polar surface area (TPSA) is 49.3 Å². The van der Waals surface area contributed by atoms with E-state index in [-0.39, 0.29) is 19.5 Å². The van der Waals surface area contributed by atoms with Gasteiger partial charge in [-0.25, -0.2) is 0 Å². The van der Waals surface area contributed by atoms with Crippen molar-refractivity contribution in [3.8, 4) is 0 Å². The lowest BCUT2D eigenvalue weighted by molar-refractivity contribution is -0.141. The summed E-state index contributed by atoms with van der Waals surface area (Å²) < 4.78 is 34.9. The summed E-state index contributed by atoms with van der Waals surface area (Å²) in [5.74, 6) is -1.52. The fourth-order valence-corrected chi connectivity index (χ4v) is 0.820. The Balaban J connectivity index is 3.35. The molecule has 0 fully saturated rings. The van der Waals surface area contributed by atoms with Crippen LogP contribution in [0.4, 0.5) is 13.2 Å². The highest BCUT2D eigenvalue weighted by molar-refractivity contribution is 5.69. The molecule has 0 spiro atoms. The SMILES string of the molecule is CC(CNCCCC(F)(F)F)C(=O)O. The van der Waals surface area contributed by atoms with Crippen LogP contribution < -0.4 is 5.32 Å². The minimum absolute atomic E-state index is 0.0180. The molecule has 84 valence electrons. The monoisotopic (exact) mass is 213 g/mol. The van der Waals surface area contributed by atoms with Gasteiger partial charge in [0.2, 0.25) is 0 Å². The molecule has 3 nitrogen and oxygen atoms in total.